The second kappa shape index (κ2) is 7.24. The van der Waals surface area contributed by atoms with Gasteiger partial charge in [0, 0.05) is 36.8 Å². The van der Waals surface area contributed by atoms with E-state index in [2.05, 4.69) is 19.9 Å². The van der Waals surface area contributed by atoms with Crippen LogP contribution >= 0.6 is 11.6 Å². The lowest BCUT2D eigenvalue weighted by Gasteiger charge is -2.08. The summed E-state index contributed by atoms with van der Waals surface area (Å²) in [7, 11) is 0. The normalized spacial score (nSPS) is 11.9. The van der Waals surface area contributed by atoms with E-state index in [1.54, 1.807) is 18.7 Å². The van der Waals surface area contributed by atoms with Gasteiger partial charge in [0.2, 0.25) is 0 Å². The number of hydrogen-bond acceptors (Lipinski definition) is 3. The van der Waals surface area contributed by atoms with Crippen molar-refractivity contribution in [2.45, 2.75) is 12.6 Å². The molecule has 4 aromatic rings. The van der Waals surface area contributed by atoms with Crippen LogP contribution in [0.3, 0.4) is 0 Å². The van der Waals surface area contributed by atoms with Gasteiger partial charge in [0.15, 0.2) is 0 Å². The molecule has 0 fully saturated rings. The summed E-state index contributed by atoms with van der Waals surface area (Å²) in [5, 5.41) is 1.36. The van der Waals surface area contributed by atoms with Gasteiger partial charge in [-0.2, -0.15) is 13.2 Å². The van der Waals surface area contributed by atoms with Crippen LogP contribution in [0.1, 0.15) is 28.1 Å². The lowest BCUT2D eigenvalue weighted by Crippen LogP contribution is -2.07. The number of alkyl halides is 3. The van der Waals surface area contributed by atoms with E-state index in [0.717, 1.165) is 34.4 Å². The molecule has 4 heterocycles. The number of nitrogens with zero attached hydrogens (tertiary/aromatic N) is 3. The number of H-pyrrole nitrogens is 1. The molecule has 0 aliphatic carbocycles. The Kier molecular flexibility index (Phi) is 4.77. The molecule has 0 spiro atoms. The maximum atomic E-state index is 12.6. The van der Waals surface area contributed by atoms with Gasteiger partial charge in [0.25, 0.3) is 0 Å². The van der Waals surface area contributed by atoms with Crippen LogP contribution in [-0.4, -0.2) is 19.9 Å². The molecule has 0 aliphatic rings. The van der Waals surface area contributed by atoms with Crippen molar-refractivity contribution < 1.29 is 13.2 Å². The summed E-state index contributed by atoms with van der Waals surface area (Å²) in [4.78, 5) is 15.2. The van der Waals surface area contributed by atoms with Gasteiger partial charge in [-0.1, -0.05) is 23.7 Å². The molecule has 8 heteroatoms. The number of rotatable bonds is 4. The van der Waals surface area contributed by atoms with E-state index in [0.29, 0.717) is 22.8 Å². The molecule has 141 valence electrons. The van der Waals surface area contributed by atoms with Crippen molar-refractivity contribution in [2.75, 3.05) is 0 Å². The molecule has 0 unspecified atom stereocenters. The Morgan fingerprint density at radius 2 is 1.89 bits per heavy atom. The molecule has 0 amide bonds. The highest BCUT2D eigenvalue weighted by Gasteiger charge is 2.32. The topological polar surface area (TPSA) is 54.5 Å². The molecule has 4 nitrogen and oxygen atoms in total. The molecule has 4 rings (SSSR count). The second-order valence-corrected chi connectivity index (χ2v) is 6.55. The first-order valence-corrected chi connectivity index (χ1v) is 8.72. The number of aromatic nitrogens is 4. The van der Waals surface area contributed by atoms with Crippen LogP contribution in [0.25, 0.3) is 11.0 Å². The third kappa shape index (κ3) is 3.84. The summed E-state index contributed by atoms with van der Waals surface area (Å²) in [6.45, 7) is 0. The van der Waals surface area contributed by atoms with Crippen molar-refractivity contribution in [3.05, 3.63) is 94.6 Å². The van der Waals surface area contributed by atoms with Crippen LogP contribution < -0.4 is 0 Å². The summed E-state index contributed by atoms with van der Waals surface area (Å²) >= 11 is 6.33. The zero-order valence-corrected chi connectivity index (χ0v) is 15.1. The maximum Gasteiger partial charge on any atom is 0.433 e. The van der Waals surface area contributed by atoms with Crippen molar-refractivity contribution in [1.29, 1.82) is 0 Å². The minimum absolute atomic E-state index is 0.340. The van der Waals surface area contributed by atoms with Gasteiger partial charge in [-0.3, -0.25) is 4.98 Å². The largest absolute Gasteiger partial charge is 0.433 e. The van der Waals surface area contributed by atoms with Crippen molar-refractivity contribution in [1.82, 2.24) is 19.9 Å². The lowest BCUT2D eigenvalue weighted by atomic mass is 10.1. The number of aromatic amines is 1. The van der Waals surface area contributed by atoms with E-state index < -0.39 is 11.9 Å². The van der Waals surface area contributed by atoms with Crippen molar-refractivity contribution in [2.24, 2.45) is 0 Å². The van der Waals surface area contributed by atoms with E-state index >= 15 is 0 Å². The van der Waals surface area contributed by atoms with Gasteiger partial charge in [0.05, 0.1) is 5.69 Å². The lowest BCUT2D eigenvalue weighted by molar-refractivity contribution is -0.141. The summed E-state index contributed by atoms with van der Waals surface area (Å²) in [6, 6.07) is 9.76. The summed E-state index contributed by atoms with van der Waals surface area (Å²) in [5.41, 5.74) is 2.81. The average molecular weight is 402 g/mol. The number of hydrogen-bond donors (Lipinski definition) is 1. The van der Waals surface area contributed by atoms with Gasteiger partial charge < -0.3 is 4.98 Å². The molecule has 0 aromatic carbocycles. The van der Waals surface area contributed by atoms with Gasteiger partial charge in [-0.25, -0.2) is 9.97 Å². The molecule has 28 heavy (non-hydrogen) atoms. The zero-order chi connectivity index (χ0) is 19.7. The predicted molar refractivity (Wildman–Crippen MR) is 99.9 cm³/mol. The Morgan fingerprint density at radius 3 is 2.61 bits per heavy atom. The van der Waals surface area contributed by atoms with E-state index in [9.17, 15) is 13.2 Å². The predicted octanol–water partition coefficient (Wildman–Crippen LogP) is 5.22. The van der Waals surface area contributed by atoms with Crippen molar-refractivity contribution >= 4 is 22.6 Å². The van der Waals surface area contributed by atoms with Crippen LogP contribution in [0.15, 0.2) is 55.0 Å². The fraction of sp³-hybridized carbons (Fsp3) is 0.100. The van der Waals surface area contributed by atoms with Crippen LogP contribution in [0.2, 0.25) is 5.15 Å². The van der Waals surface area contributed by atoms with Gasteiger partial charge in [0.1, 0.15) is 16.5 Å². The van der Waals surface area contributed by atoms with Gasteiger partial charge in [-0.15, -0.1) is 0 Å². The first kappa shape index (κ1) is 18.4. The molecular formula is C20H13ClF3N4. The monoisotopic (exact) mass is 401 g/mol. The highest BCUT2D eigenvalue weighted by Crippen LogP contribution is 2.28. The molecule has 0 aliphatic heterocycles. The van der Waals surface area contributed by atoms with Crippen LogP contribution in [0.4, 0.5) is 13.2 Å². The molecule has 0 saturated carbocycles. The molecule has 0 bridgehead atoms. The van der Waals surface area contributed by atoms with Crippen molar-refractivity contribution in [3.8, 4) is 0 Å². The third-order valence-corrected chi connectivity index (χ3v) is 4.58. The molecule has 4 aromatic heterocycles. The fourth-order valence-corrected chi connectivity index (χ4v) is 3.11. The van der Waals surface area contributed by atoms with Gasteiger partial charge >= 0.3 is 6.18 Å². The summed E-state index contributed by atoms with van der Waals surface area (Å²) in [6.07, 6.45) is 2.52. The smallest absolute Gasteiger partial charge is 0.346 e. The quantitative estimate of drug-likeness (QED) is 0.477. The first-order chi connectivity index (χ1) is 13.4. The Balaban J connectivity index is 1.51. The molecule has 0 saturated heterocycles. The van der Waals surface area contributed by atoms with E-state index in [1.807, 2.05) is 24.4 Å². The standard InChI is InChI=1S/C20H13ClF3N4/c21-18-13(9-14-11-27-19-16(14)2-1-7-25-19)4-5-15(28-18)8-12-3-6-17(26-10-12)20(22,23)24/h1-8,10-11H,9H2,(H,25,27). The van der Waals surface area contributed by atoms with Gasteiger partial charge in [-0.05, 0) is 41.0 Å². The Labute approximate surface area is 163 Å². The molecule has 1 radical (unpaired) electrons. The zero-order valence-electron chi connectivity index (χ0n) is 14.3. The maximum absolute atomic E-state index is 12.6. The highest BCUT2D eigenvalue weighted by molar-refractivity contribution is 6.30. The Hall–Kier alpha value is -2.93. The Bertz CT molecular complexity index is 1120. The number of pyridine rings is 3. The second-order valence-electron chi connectivity index (χ2n) is 6.20. The number of nitrogens with one attached hydrogen (secondary N) is 1. The third-order valence-electron chi connectivity index (χ3n) is 4.26. The SMILES string of the molecule is FC(F)(F)c1ccc([CH]c2ccc(Cc3c[nH]c4ncccc34)c(Cl)n2)cn1. The van der Waals surface area contributed by atoms with Crippen LogP contribution in [-0.2, 0) is 12.6 Å². The summed E-state index contributed by atoms with van der Waals surface area (Å²) < 4.78 is 37.8. The molecule has 0 atom stereocenters. The highest BCUT2D eigenvalue weighted by atomic mass is 35.5. The number of fused-ring (bicyclic) bond motifs is 1. The minimum atomic E-state index is -4.46. The average Bonchev–Trinajstić information content (AvgIpc) is 3.07. The van der Waals surface area contributed by atoms with E-state index in [4.69, 9.17) is 11.6 Å². The summed E-state index contributed by atoms with van der Waals surface area (Å²) in [5.74, 6) is 0. The minimum Gasteiger partial charge on any atom is -0.346 e. The van der Waals surface area contributed by atoms with Crippen molar-refractivity contribution in [3.63, 3.8) is 0 Å². The van der Waals surface area contributed by atoms with E-state index in [-0.39, 0.29) is 0 Å². The Morgan fingerprint density at radius 1 is 1.04 bits per heavy atom. The van der Waals surface area contributed by atoms with E-state index in [1.165, 1.54) is 6.07 Å². The van der Waals surface area contributed by atoms with Crippen LogP contribution in [0.5, 0.6) is 0 Å². The number of halogens is 4. The first-order valence-electron chi connectivity index (χ1n) is 8.34. The fourth-order valence-electron chi connectivity index (χ4n) is 2.88. The molecular weight excluding hydrogens is 389 g/mol. The molecule has 1 N–H and O–H groups in total. The van der Waals surface area contributed by atoms with Crippen LogP contribution in [0, 0.1) is 6.42 Å².